The minimum absolute atomic E-state index is 0.252. The Bertz CT molecular complexity index is 456. The van der Waals surface area contributed by atoms with Crippen LogP contribution in [0.15, 0.2) is 18.2 Å². The molecule has 2 heterocycles. The van der Waals surface area contributed by atoms with Crippen molar-refractivity contribution in [3.63, 3.8) is 0 Å². The van der Waals surface area contributed by atoms with Gasteiger partial charge in [0.25, 0.3) is 0 Å². The molecule has 0 unspecified atom stereocenters. The van der Waals surface area contributed by atoms with Crippen LogP contribution in [0.25, 0.3) is 0 Å². The summed E-state index contributed by atoms with van der Waals surface area (Å²) in [5, 5.41) is 3.03. The first kappa shape index (κ1) is 13.8. The van der Waals surface area contributed by atoms with Gasteiger partial charge in [-0.25, -0.2) is 4.98 Å². The lowest BCUT2D eigenvalue weighted by Crippen LogP contribution is -2.30. The largest absolute Gasteiger partial charge is 0.373 e. The van der Waals surface area contributed by atoms with Crippen LogP contribution in [0.3, 0.4) is 0 Å². The van der Waals surface area contributed by atoms with E-state index >= 15 is 0 Å². The van der Waals surface area contributed by atoms with Crippen LogP contribution < -0.4 is 5.32 Å². The number of carbonyl (C=O) groups is 1. The predicted molar refractivity (Wildman–Crippen MR) is 76.8 cm³/mol. The van der Waals surface area contributed by atoms with Crippen molar-refractivity contribution in [2.75, 3.05) is 18.9 Å². The Kier molecular flexibility index (Phi) is 4.08. The first-order chi connectivity index (χ1) is 9.00. The Morgan fingerprint density at radius 2 is 2.16 bits per heavy atom. The molecule has 1 fully saturated rings. The number of amides is 1. The zero-order valence-corrected chi connectivity index (χ0v) is 12.1. The van der Waals surface area contributed by atoms with Crippen molar-refractivity contribution < 1.29 is 4.79 Å². The second kappa shape index (κ2) is 5.59. The van der Waals surface area contributed by atoms with Crippen molar-refractivity contribution in [1.29, 1.82) is 0 Å². The topological polar surface area (TPSA) is 45.2 Å². The summed E-state index contributed by atoms with van der Waals surface area (Å²) in [4.78, 5) is 18.6. The molecule has 0 spiro atoms. The second-order valence-corrected chi connectivity index (χ2v) is 5.99. The summed E-state index contributed by atoms with van der Waals surface area (Å²) in [7, 11) is 1.85. The number of rotatable bonds is 3. The Balaban J connectivity index is 2.06. The summed E-state index contributed by atoms with van der Waals surface area (Å²) >= 11 is 0. The van der Waals surface area contributed by atoms with Crippen molar-refractivity contribution in [2.24, 2.45) is 5.41 Å². The average molecular weight is 261 g/mol. The summed E-state index contributed by atoms with van der Waals surface area (Å²) < 4.78 is 0. The number of hydrogen-bond donors (Lipinski definition) is 1. The predicted octanol–water partition coefficient (Wildman–Crippen LogP) is 2.66. The van der Waals surface area contributed by atoms with Gasteiger partial charge in [0, 0.05) is 20.0 Å². The number of pyridine rings is 1. The van der Waals surface area contributed by atoms with Gasteiger partial charge in [0.1, 0.15) is 5.82 Å². The van der Waals surface area contributed by atoms with Gasteiger partial charge in [-0.05, 0) is 30.4 Å². The quantitative estimate of drug-likeness (QED) is 0.910. The lowest BCUT2D eigenvalue weighted by Gasteiger charge is -2.23. The van der Waals surface area contributed by atoms with Crippen LogP contribution in [0.5, 0.6) is 0 Å². The van der Waals surface area contributed by atoms with Gasteiger partial charge < -0.3 is 10.2 Å². The van der Waals surface area contributed by atoms with E-state index < -0.39 is 0 Å². The van der Waals surface area contributed by atoms with Crippen molar-refractivity contribution in [1.82, 2.24) is 9.88 Å². The number of nitrogens with zero attached hydrogens (tertiary/aromatic N) is 2. The van der Waals surface area contributed by atoms with Crippen molar-refractivity contribution >= 4 is 11.7 Å². The van der Waals surface area contributed by atoms with Gasteiger partial charge in [0.05, 0.1) is 12.2 Å². The first-order valence-electron chi connectivity index (χ1n) is 6.92. The van der Waals surface area contributed by atoms with E-state index in [9.17, 15) is 4.79 Å². The fraction of sp³-hybridized carbons (Fsp3) is 0.600. The maximum atomic E-state index is 12.1. The molecule has 0 aliphatic carbocycles. The molecular weight excluding hydrogens is 238 g/mol. The lowest BCUT2D eigenvalue weighted by atomic mass is 9.85. The maximum Gasteiger partial charge on any atom is 0.222 e. The molecule has 0 saturated carbocycles. The molecule has 4 heteroatoms. The smallest absolute Gasteiger partial charge is 0.222 e. The molecule has 1 aromatic heterocycles. The molecule has 0 atom stereocenters. The summed E-state index contributed by atoms with van der Waals surface area (Å²) in [6.07, 6.45) is 2.69. The minimum Gasteiger partial charge on any atom is -0.373 e. The molecule has 0 bridgehead atoms. The molecule has 19 heavy (non-hydrogen) atoms. The monoisotopic (exact) mass is 261 g/mol. The van der Waals surface area contributed by atoms with Crippen molar-refractivity contribution in [3.8, 4) is 0 Å². The van der Waals surface area contributed by atoms with Crippen LogP contribution in [0.2, 0.25) is 0 Å². The number of anilines is 1. The number of carbonyl (C=O) groups excluding carboxylic acids is 1. The van der Waals surface area contributed by atoms with Crippen LogP contribution in [0.1, 0.15) is 38.8 Å². The zero-order chi connectivity index (χ0) is 13.9. The van der Waals surface area contributed by atoms with E-state index in [2.05, 4.69) is 24.1 Å². The molecule has 1 aromatic rings. The molecule has 2 rings (SSSR count). The SMILES string of the molecule is CNc1cccc(CN2CCC(C)(C)CCC2=O)n1. The number of hydrogen-bond acceptors (Lipinski definition) is 3. The van der Waals surface area contributed by atoms with E-state index in [0.717, 1.165) is 30.9 Å². The van der Waals surface area contributed by atoms with E-state index in [4.69, 9.17) is 0 Å². The Hall–Kier alpha value is -1.58. The molecule has 0 aromatic carbocycles. The zero-order valence-electron chi connectivity index (χ0n) is 12.1. The average Bonchev–Trinajstić information content (AvgIpc) is 2.52. The highest BCUT2D eigenvalue weighted by molar-refractivity contribution is 5.76. The van der Waals surface area contributed by atoms with Crippen LogP contribution >= 0.6 is 0 Å². The normalized spacial score (nSPS) is 19.1. The van der Waals surface area contributed by atoms with Crippen LogP contribution in [0, 0.1) is 5.41 Å². The Labute approximate surface area is 115 Å². The van der Waals surface area contributed by atoms with Crippen molar-refractivity contribution in [2.45, 2.75) is 39.7 Å². The second-order valence-electron chi connectivity index (χ2n) is 5.99. The number of likely N-dealkylation sites (tertiary alicyclic amines) is 1. The van der Waals surface area contributed by atoms with E-state index in [1.807, 2.05) is 30.1 Å². The molecule has 0 radical (unpaired) electrons. The van der Waals surface area contributed by atoms with Gasteiger partial charge >= 0.3 is 0 Å². The van der Waals surface area contributed by atoms with Gasteiger partial charge in [-0.3, -0.25) is 4.79 Å². The van der Waals surface area contributed by atoms with E-state index in [-0.39, 0.29) is 11.3 Å². The number of aromatic nitrogens is 1. The third-order valence-corrected chi connectivity index (χ3v) is 3.84. The van der Waals surface area contributed by atoms with Crippen LogP contribution in [0.4, 0.5) is 5.82 Å². The number of nitrogens with one attached hydrogen (secondary N) is 1. The fourth-order valence-electron chi connectivity index (χ4n) is 2.36. The highest BCUT2D eigenvalue weighted by atomic mass is 16.2. The lowest BCUT2D eigenvalue weighted by molar-refractivity contribution is -0.131. The molecule has 1 aliphatic rings. The minimum atomic E-state index is 0.252. The van der Waals surface area contributed by atoms with Gasteiger partial charge in [-0.2, -0.15) is 0 Å². The molecule has 1 aliphatic heterocycles. The summed E-state index contributed by atoms with van der Waals surface area (Å²) in [5.74, 6) is 1.10. The highest BCUT2D eigenvalue weighted by Gasteiger charge is 2.27. The molecule has 1 saturated heterocycles. The standard InChI is InChI=1S/C15H23N3O/c1-15(2)8-7-14(19)18(10-9-15)11-12-5-4-6-13(16-3)17-12/h4-6H,7-11H2,1-3H3,(H,16,17). The van der Waals surface area contributed by atoms with E-state index in [1.54, 1.807) is 0 Å². The van der Waals surface area contributed by atoms with Crippen molar-refractivity contribution in [3.05, 3.63) is 23.9 Å². The van der Waals surface area contributed by atoms with E-state index in [0.29, 0.717) is 13.0 Å². The highest BCUT2D eigenvalue weighted by Crippen LogP contribution is 2.30. The van der Waals surface area contributed by atoms with Crippen LogP contribution in [-0.2, 0) is 11.3 Å². The molecule has 4 nitrogen and oxygen atoms in total. The van der Waals surface area contributed by atoms with Gasteiger partial charge in [0.2, 0.25) is 5.91 Å². The summed E-state index contributed by atoms with van der Waals surface area (Å²) in [6.45, 7) is 5.93. The Morgan fingerprint density at radius 3 is 2.89 bits per heavy atom. The fourth-order valence-corrected chi connectivity index (χ4v) is 2.36. The molecule has 1 N–H and O–H groups in total. The van der Waals surface area contributed by atoms with Gasteiger partial charge in [-0.15, -0.1) is 0 Å². The van der Waals surface area contributed by atoms with E-state index in [1.165, 1.54) is 0 Å². The molecule has 104 valence electrons. The molecular formula is C15H23N3O. The Morgan fingerprint density at radius 1 is 1.37 bits per heavy atom. The maximum absolute atomic E-state index is 12.1. The van der Waals surface area contributed by atoms with Gasteiger partial charge in [-0.1, -0.05) is 19.9 Å². The first-order valence-corrected chi connectivity index (χ1v) is 6.92. The summed E-state index contributed by atoms with van der Waals surface area (Å²) in [5.41, 5.74) is 1.21. The third-order valence-electron chi connectivity index (χ3n) is 3.84. The van der Waals surface area contributed by atoms with Gasteiger partial charge in [0.15, 0.2) is 0 Å². The third kappa shape index (κ3) is 3.69. The van der Waals surface area contributed by atoms with Crippen LogP contribution in [-0.4, -0.2) is 29.4 Å². The summed E-state index contributed by atoms with van der Waals surface area (Å²) in [6, 6.07) is 5.88. The molecule has 1 amide bonds.